The highest BCUT2D eigenvalue weighted by molar-refractivity contribution is 5.74. The number of benzene rings is 6. The van der Waals surface area contributed by atoms with Crippen LogP contribution in [0.5, 0.6) is 11.5 Å². The van der Waals surface area contributed by atoms with Crippen molar-refractivity contribution < 1.29 is 4.74 Å². The Morgan fingerprint density at radius 2 is 0.745 bits per heavy atom. The molecular formula is C44H40N6O. The molecule has 0 N–H and O–H groups in total. The fourth-order valence-corrected chi connectivity index (χ4v) is 6.69. The third kappa shape index (κ3) is 6.70. The van der Waals surface area contributed by atoms with Crippen LogP contribution in [0.1, 0.15) is 0 Å². The Morgan fingerprint density at radius 1 is 0.412 bits per heavy atom. The van der Waals surface area contributed by atoms with E-state index in [0.29, 0.717) is 13.3 Å². The summed E-state index contributed by atoms with van der Waals surface area (Å²) >= 11 is 0. The normalized spacial score (nSPS) is 14.0. The van der Waals surface area contributed by atoms with Crippen LogP contribution < -0.4 is 24.3 Å². The molecule has 0 spiro atoms. The van der Waals surface area contributed by atoms with Gasteiger partial charge in [-0.15, -0.1) is 0 Å². The molecule has 2 aliphatic heterocycles. The van der Waals surface area contributed by atoms with Crippen LogP contribution in [0.3, 0.4) is 0 Å². The first-order chi connectivity index (χ1) is 25.1. The molecule has 6 aromatic carbocycles. The summed E-state index contributed by atoms with van der Waals surface area (Å²) < 4.78 is 6.62. The molecule has 6 aromatic rings. The van der Waals surface area contributed by atoms with Crippen LogP contribution in [0.25, 0.3) is 0 Å². The molecule has 7 heteroatoms. The van der Waals surface area contributed by atoms with Gasteiger partial charge in [0.2, 0.25) is 0 Å². The molecule has 0 aliphatic carbocycles. The Bertz CT molecular complexity index is 1910. The van der Waals surface area contributed by atoms with E-state index in [0.717, 1.165) is 57.3 Å². The highest BCUT2D eigenvalue weighted by Gasteiger charge is 2.29. The van der Waals surface area contributed by atoms with E-state index < -0.39 is 0 Å². The van der Waals surface area contributed by atoms with Crippen LogP contribution in [-0.4, -0.2) is 37.2 Å². The summed E-state index contributed by atoms with van der Waals surface area (Å²) in [7, 11) is 4.21. The Hall–Kier alpha value is -6.60. The van der Waals surface area contributed by atoms with Crippen LogP contribution in [-0.2, 0) is 0 Å². The van der Waals surface area contributed by atoms with Gasteiger partial charge < -0.3 is 24.3 Å². The molecule has 252 valence electrons. The van der Waals surface area contributed by atoms with E-state index in [2.05, 4.69) is 214 Å². The van der Waals surface area contributed by atoms with Gasteiger partial charge >= 0.3 is 0 Å². The first-order valence-electron chi connectivity index (χ1n) is 17.2. The van der Waals surface area contributed by atoms with Crippen molar-refractivity contribution in [2.45, 2.75) is 0 Å². The van der Waals surface area contributed by atoms with Crippen molar-refractivity contribution in [1.82, 2.24) is 9.80 Å². The van der Waals surface area contributed by atoms with Gasteiger partial charge in [0.15, 0.2) is 0 Å². The van der Waals surface area contributed by atoms with Crippen LogP contribution in [0.4, 0.5) is 34.1 Å². The number of nitrogens with zero attached hydrogens (tertiary/aromatic N) is 6. The largest absolute Gasteiger partial charge is 0.457 e. The Balaban J connectivity index is 1.08. The lowest BCUT2D eigenvalue weighted by atomic mass is 10.2. The minimum Gasteiger partial charge on any atom is -0.457 e. The highest BCUT2D eigenvalue weighted by Crippen LogP contribution is 2.39. The Kier molecular flexibility index (Phi) is 8.75. The van der Waals surface area contributed by atoms with Crippen molar-refractivity contribution >= 4 is 34.1 Å². The molecule has 8 rings (SSSR count). The summed E-state index contributed by atoms with van der Waals surface area (Å²) in [6.45, 7) is 1.42. The molecule has 0 saturated heterocycles. The van der Waals surface area contributed by atoms with Crippen molar-refractivity contribution in [3.63, 3.8) is 0 Å². The fraction of sp³-hybridized carbons (Fsp3) is 0.0909. The van der Waals surface area contributed by atoms with E-state index in [1.54, 1.807) is 0 Å². The second kappa shape index (κ2) is 14.1. The predicted molar refractivity (Wildman–Crippen MR) is 209 cm³/mol. The summed E-state index contributed by atoms with van der Waals surface area (Å²) in [5.41, 5.74) is 6.47. The van der Waals surface area contributed by atoms with E-state index >= 15 is 0 Å². The van der Waals surface area contributed by atoms with Gasteiger partial charge in [0.1, 0.15) is 23.1 Å². The molecule has 0 amide bonds. The number of rotatable bonds is 10. The van der Waals surface area contributed by atoms with Crippen LogP contribution >= 0.6 is 0 Å². The molecule has 0 aromatic heterocycles. The van der Waals surface area contributed by atoms with Gasteiger partial charge in [0.25, 0.3) is 0 Å². The second-order valence-electron chi connectivity index (χ2n) is 12.7. The Labute approximate surface area is 300 Å². The smallest absolute Gasteiger partial charge is 0.136 e. The van der Waals surface area contributed by atoms with Gasteiger partial charge in [-0.2, -0.15) is 0 Å². The third-order valence-corrected chi connectivity index (χ3v) is 8.96. The molecule has 0 saturated carbocycles. The van der Waals surface area contributed by atoms with Gasteiger partial charge in [-0.1, -0.05) is 84.9 Å². The van der Waals surface area contributed by atoms with Crippen molar-refractivity contribution in [2.24, 2.45) is 0 Å². The molecule has 2 aliphatic rings. The van der Waals surface area contributed by atoms with Crippen LogP contribution in [0, 0.1) is 0 Å². The van der Waals surface area contributed by atoms with Crippen LogP contribution in [0.15, 0.2) is 194 Å². The lowest BCUT2D eigenvalue weighted by molar-refractivity contribution is 0.479. The average molecular weight is 669 g/mol. The zero-order valence-electron chi connectivity index (χ0n) is 28.8. The number of hydrogen-bond acceptors (Lipinski definition) is 7. The number of anilines is 6. The lowest BCUT2D eigenvalue weighted by Gasteiger charge is -2.32. The van der Waals surface area contributed by atoms with Crippen molar-refractivity contribution in [3.8, 4) is 11.5 Å². The van der Waals surface area contributed by atoms with E-state index in [-0.39, 0.29) is 0 Å². The maximum absolute atomic E-state index is 6.62. The van der Waals surface area contributed by atoms with Crippen molar-refractivity contribution in [2.75, 3.05) is 47.0 Å². The van der Waals surface area contributed by atoms with Gasteiger partial charge in [-0.05, 0) is 72.8 Å². The predicted octanol–water partition coefficient (Wildman–Crippen LogP) is 10.2. The first kappa shape index (κ1) is 31.7. The molecular weight excluding hydrogens is 629 g/mol. The van der Waals surface area contributed by atoms with Gasteiger partial charge in [0, 0.05) is 72.8 Å². The fourth-order valence-electron chi connectivity index (χ4n) is 6.69. The van der Waals surface area contributed by atoms with Gasteiger partial charge in [0.05, 0.1) is 13.3 Å². The minimum atomic E-state index is 0.710. The number of hydrogen-bond donors (Lipinski definition) is 0. The van der Waals surface area contributed by atoms with Gasteiger partial charge in [-0.3, -0.25) is 9.80 Å². The third-order valence-electron chi connectivity index (χ3n) is 8.96. The number of para-hydroxylation sites is 4. The highest BCUT2D eigenvalue weighted by atomic mass is 16.5. The summed E-state index contributed by atoms with van der Waals surface area (Å²) in [6, 6.07) is 58.7. The average Bonchev–Trinajstić information content (AvgIpc) is 3.75. The minimum absolute atomic E-state index is 0.710. The van der Waals surface area contributed by atoms with E-state index in [1.807, 2.05) is 12.1 Å². The molecule has 0 radical (unpaired) electrons. The van der Waals surface area contributed by atoms with E-state index in [4.69, 9.17) is 4.74 Å². The molecule has 0 atom stereocenters. The molecule has 0 fully saturated rings. The lowest BCUT2D eigenvalue weighted by Crippen LogP contribution is -2.31. The summed E-state index contributed by atoms with van der Waals surface area (Å²) in [6.07, 6.45) is 4.40. The molecule has 0 unspecified atom stereocenters. The van der Waals surface area contributed by atoms with Gasteiger partial charge in [-0.25, -0.2) is 0 Å². The topological polar surface area (TPSA) is 28.7 Å². The van der Waals surface area contributed by atoms with Crippen molar-refractivity contribution in [1.29, 1.82) is 0 Å². The monoisotopic (exact) mass is 668 g/mol. The quantitative estimate of drug-likeness (QED) is 0.144. The molecule has 2 heterocycles. The molecule has 0 bridgehead atoms. The Morgan fingerprint density at radius 3 is 1.08 bits per heavy atom. The standard InChI is InChI=1S/C44H40N6O/c1-45-31-43(49(35-17-7-3-8-18-35)36-19-9-4-10-20-36)47(33-45)39-25-15-27-41(29-39)51-42-28-16-26-40(30-42)48-34-46(2)32-44(48)50(37-21-11-5-12-22-37)38-23-13-6-14-24-38/h3-32H,33-34H2,1-2H3. The maximum atomic E-state index is 6.62. The first-order valence-corrected chi connectivity index (χ1v) is 17.2. The van der Waals surface area contributed by atoms with Crippen molar-refractivity contribution in [3.05, 3.63) is 194 Å². The molecule has 51 heavy (non-hydrogen) atoms. The maximum Gasteiger partial charge on any atom is 0.136 e. The van der Waals surface area contributed by atoms with E-state index in [9.17, 15) is 0 Å². The summed E-state index contributed by atoms with van der Waals surface area (Å²) in [5.74, 6) is 3.67. The summed E-state index contributed by atoms with van der Waals surface area (Å²) in [5, 5.41) is 0. The number of ether oxygens (including phenoxy) is 1. The molecule has 7 nitrogen and oxygen atoms in total. The zero-order chi connectivity index (χ0) is 34.6. The summed E-state index contributed by atoms with van der Waals surface area (Å²) in [4.78, 5) is 13.7. The second-order valence-corrected chi connectivity index (χ2v) is 12.7. The van der Waals surface area contributed by atoms with E-state index in [1.165, 1.54) is 0 Å². The van der Waals surface area contributed by atoms with Crippen LogP contribution in [0.2, 0.25) is 0 Å². The SMILES string of the molecule is CN1C=C(N(c2ccccc2)c2ccccc2)N(c2cccc(Oc3cccc(N4CN(C)C=C4N(c4ccccc4)c4ccccc4)c3)c2)C1. The zero-order valence-corrected chi connectivity index (χ0v) is 28.8.